The lowest BCUT2D eigenvalue weighted by Crippen LogP contribution is -2.16. The Labute approximate surface area is 251 Å². The van der Waals surface area contributed by atoms with Crippen LogP contribution < -0.4 is 0 Å². The van der Waals surface area contributed by atoms with Gasteiger partial charge in [0.25, 0.3) is 0 Å². The van der Waals surface area contributed by atoms with Gasteiger partial charge in [0.05, 0.1) is 16.7 Å². The molecular formula is C39H39N3. The van der Waals surface area contributed by atoms with Crippen molar-refractivity contribution in [1.29, 1.82) is 15.8 Å². The van der Waals surface area contributed by atoms with E-state index < -0.39 is 0 Å². The molecule has 0 aliphatic carbocycles. The molecule has 3 heteroatoms. The van der Waals surface area contributed by atoms with Gasteiger partial charge in [0.15, 0.2) is 0 Å². The molecule has 4 rings (SSSR count). The van der Waals surface area contributed by atoms with Crippen molar-refractivity contribution in [3.8, 4) is 51.6 Å². The highest BCUT2D eigenvalue weighted by atomic mass is 14.4. The summed E-state index contributed by atoms with van der Waals surface area (Å²) in [4.78, 5) is 0. The summed E-state index contributed by atoms with van der Waals surface area (Å²) >= 11 is 0. The molecule has 0 amide bonds. The highest BCUT2D eigenvalue weighted by Gasteiger charge is 2.33. The maximum Gasteiger partial charge on any atom is 0.101 e. The second-order valence-corrected chi connectivity index (χ2v) is 14.0. The van der Waals surface area contributed by atoms with Crippen LogP contribution >= 0.6 is 0 Å². The third-order valence-electron chi connectivity index (χ3n) is 7.85. The Bertz CT molecular complexity index is 1560. The average molecular weight is 550 g/mol. The molecule has 3 nitrogen and oxygen atoms in total. The van der Waals surface area contributed by atoms with Gasteiger partial charge in [-0.2, -0.15) is 15.8 Å². The van der Waals surface area contributed by atoms with Gasteiger partial charge >= 0.3 is 0 Å². The molecule has 210 valence electrons. The summed E-state index contributed by atoms with van der Waals surface area (Å²) in [5.74, 6) is 0. The van der Waals surface area contributed by atoms with E-state index in [-0.39, 0.29) is 16.2 Å². The van der Waals surface area contributed by atoms with E-state index in [0.29, 0.717) is 33.4 Å². The summed E-state index contributed by atoms with van der Waals surface area (Å²) in [5.41, 5.74) is 7.68. The zero-order chi connectivity index (χ0) is 31.0. The molecule has 0 radical (unpaired) electrons. The predicted octanol–water partition coefficient (Wildman–Crippen LogP) is 10.2. The van der Waals surface area contributed by atoms with Crippen molar-refractivity contribution >= 4 is 0 Å². The fraction of sp³-hybridized carbons (Fsp3) is 0.308. The minimum atomic E-state index is -0.253. The number of hydrogen-bond donors (Lipinski definition) is 0. The molecule has 42 heavy (non-hydrogen) atoms. The number of nitrogens with zero attached hydrogens (tertiary/aromatic N) is 3. The zero-order valence-electron chi connectivity index (χ0n) is 26.3. The number of benzene rings is 4. The summed E-state index contributed by atoms with van der Waals surface area (Å²) < 4.78 is 0. The number of hydrogen-bond acceptors (Lipinski definition) is 3. The molecule has 0 N–H and O–H groups in total. The van der Waals surface area contributed by atoms with Gasteiger partial charge in [0.1, 0.15) is 18.2 Å². The van der Waals surface area contributed by atoms with Gasteiger partial charge in [-0.3, -0.25) is 0 Å². The van der Waals surface area contributed by atoms with E-state index in [2.05, 4.69) is 98.7 Å². The highest BCUT2D eigenvalue weighted by molar-refractivity contribution is 5.99. The molecule has 0 aliphatic rings. The Morgan fingerprint density at radius 1 is 0.381 bits per heavy atom. The van der Waals surface area contributed by atoms with E-state index in [9.17, 15) is 15.8 Å². The topological polar surface area (TPSA) is 71.4 Å². The maximum atomic E-state index is 10.9. The molecular weight excluding hydrogens is 510 g/mol. The van der Waals surface area contributed by atoms with Crippen molar-refractivity contribution in [3.63, 3.8) is 0 Å². The van der Waals surface area contributed by atoms with Crippen LogP contribution in [0.1, 0.15) is 95.7 Å². The van der Waals surface area contributed by atoms with E-state index in [1.807, 2.05) is 54.6 Å². The molecule has 4 aromatic carbocycles. The first-order valence-electron chi connectivity index (χ1n) is 14.4. The maximum absolute atomic E-state index is 10.9. The highest BCUT2D eigenvalue weighted by Crippen LogP contribution is 2.49. The van der Waals surface area contributed by atoms with Crippen LogP contribution in [0.25, 0.3) is 33.4 Å². The molecule has 0 unspecified atom stereocenters. The minimum absolute atomic E-state index is 0.253. The largest absolute Gasteiger partial charge is 0.192 e. The second-order valence-electron chi connectivity index (χ2n) is 14.0. The Kier molecular flexibility index (Phi) is 7.92. The van der Waals surface area contributed by atoms with Crippen LogP contribution in [0.15, 0.2) is 72.8 Å². The second kappa shape index (κ2) is 11.0. The molecule has 0 aliphatic heterocycles. The van der Waals surface area contributed by atoms with E-state index in [4.69, 9.17) is 0 Å². The monoisotopic (exact) mass is 549 g/mol. The van der Waals surface area contributed by atoms with Crippen LogP contribution in [-0.4, -0.2) is 0 Å². The van der Waals surface area contributed by atoms with Crippen LogP contribution in [0.3, 0.4) is 0 Å². The van der Waals surface area contributed by atoms with Crippen LogP contribution in [0.5, 0.6) is 0 Å². The molecule has 0 saturated heterocycles. The van der Waals surface area contributed by atoms with Gasteiger partial charge < -0.3 is 0 Å². The summed E-state index contributed by atoms with van der Waals surface area (Å²) in [6, 6.07) is 31.5. The first kappa shape index (κ1) is 30.3. The number of rotatable bonds is 3. The third-order valence-corrected chi connectivity index (χ3v) is 7.85. The summed E-state index contributed by atoms with van der Waals surface area (Å²) in [7, 11) is 0. The first-order valence-corrected chi connectivity index (χ1v) is 14.4. The third kappa shape index (κ3) is 5.34. The Hall–Kier alpha value is -4.65. The van der Waals surface area contributed by atoms with Crippen LogP contribution in [0, 0.1) is 34.0 Å². The average Bonchev–Trinajstić information content (AvgIpc) is 2.94. The number of nitriles is 3. The van der Waals surface area contributed by atoms with Crippen LogP contribution in [0.4, 0.5) is 0 Å². The lowest BCUT2D eigenvalue weighted by Gasteiger charge is -2.29. The van der Waals surface area contributed by atoms with Crippen LogP contribution in [0.2, 0.25) is 0 Å². The Morgan fingerprint density at radius 3 is 0.786 bits per heavy atom. The molecule has 0 aromatic heterocycles. The fourth-order valence-corrected chi connectivity index (χ4v) is 5.96. The fourth-order valence-electron chi connectivity index (χ4n) is 5.96. The lowest BCUT2D eigenvalue weighted by atomic mass is 9.72. The van der Waals surface area contributed by atoms with Crippen molar-refractivity contribution in [2.45, 2.75) is 78.6 Å². The van der Waals surface area contributed by atoms with Crippen molar-refractivity contribution < 1.29 is 0 Å². The van der Waals surface area contributed by atoms with Gasteiger partial charge in [-0.1, -0.05) is 135 Å². The first-order chi connectivity index (χ1) is 19.7. The predicted molar refractivity (Wildman–Crippen MR) is 173 cm³/mol. The molecule has 0 bridgehead atoms. The molecule has 0 heterocycles. The van der Waals surface area contributed by atoms with Crippen LogP contribution in [-0.2, 0) is 16.2 Å². The van der Waals surface area contributed by atoms with Crippen molar-refractivity contribution in [2.24, 2.45) is 0 Å². The lowest BCUT2D eigenvalue weighted by molar-refractivity contribution is 0.592. The van der Waals surface area contributed by atoms with Gasteiger partial charge in [-0.05, 0) is 49.6 Å². The molecule has 0 saturated carbocycles. The summed E-state index contributed by atoms with van der Waals surface area (Å²) in [6.07, 6.45) is 0. The smallest absolute Gasteiger partial charge is 0.101 e. The normalized spacial score (nSPS) is 11.9. The molecule has 0 fully saturated rings. The zero-order valence-corrected chi connectivity index (χ0v) is 26.3. The standard InChI is InChI=1S/C39H39N3/c1-37(2,3)31-19-13-10-16-25(31)34-28(22-40)35(26-17-11-14-20-32(26)38(4,5)6)30(24-42)36(29(34)23-41)27-18-12-15-21-33(27)39(7,8)9/h10-21H,1-9H3. The van der Waals surface area contributed by atoms with E-state index in [1.54, 1.807) is 0 Å². The summed E-state index contributed by atoms with van der Waals surface area (Å²) in [6.45, 7) is 19.2. The van der Waals surface area contributed by atoms with Crippen molar-refractivity contribution in [1.82, 2.24) is 0 Å². The van der Waals surface area contributed by atoms with Gasteiger partial charge in [-0.25, -0.2) is 0 Å². The molecule has 4 aromatic rings. The molecule has 0 atom stereocenters. The van der Waals surface area contributed by atoms with Crippen molar-refractivity contribution in [3.05, 3.63) is 106 Å². The van der Waals surface area contributed by atoms with Crippen molar-refractivity contribution in [2.75, 3.05) is 0 Å². The van der Waals surface area contributed by atoms with Gasteiger partial charge in [0, 0.05) is 16.7 Å². The Balaban J connectivity index is 2.41. The SMILES string of the molecule is CC(C)(C)c1ccccc1-c1c(C#N)c(-c2ccccc2C(C)(C)C)c(C#N)c(-c2ccccc2C(C)(C)C)c1C#N. The molecule has 0 spiro atoms. The van der Waals surface area contributed by atoms with E-state index in [0.717, 1.165) is 33.4 Å². The Morgan fingerprint density at radius 2 is 0.595 bits per heavy atom. The summed E-state index contributed by atoms with van der Waals surface area (Å²) in [5, 5.41) is 32.8. The van der Waals surface area contributed by atoms with E-state index >= 15 is 0 Å². The minimum Gasteiger partial charge on any atom is -0.192 e. The van der Waals surface area contributed by atoms with Gasteiger partial charge in [-0.15, -0.1) is 0 Å². The van der Waals surface area contributed by atoms with Gasteiger partial charge in [0.2, 0.25) is 0 Å². The van der Waals surface area contributed by atoms with E-state index in [1.165, 1.54) is 0 Å². The quantitative estimate of drug-likeness (QED) is 0.255.